The molecule has 0 amide bonds. The Labute approximate surface area is 93.1 Å². The number of hydrogen-bond donors (Lipinski definition) is 1. The Hall–Kier alpha value is -0.120. The molecule has 2 atom stereocenters. The molecule has 2 saturated heterocycles. The van der Waals surface area contributed by atoms with Crippen molar-refractivity contribution in [2.75, 3.05) is 33.3 Å². The average Bonchev–Trinajstić information content (AvgIpc) is 2.42. The third-order valence-electron chi connectivity index (χ3n) is 3.97. The Morgan fingerprint density at radius 3 is 2.73 bits per heavy atom. The summed E-state index contributed by atoms with van der Waals surface area (Å²) in [6.45, 7) is 4.10. The second-order valence-electron chi connectivity index (χ2n) is 5.05. The highest BCUT2D eigenvalue weighted by atomic mass is 16.3. The first-order chi connectivity index (χ1) is 7.33. The van der Waals surface area contributed by atoms with Gasteiger partial charge >= 0.3 is 0 Å². The zero-order valence-electron chi connectivity index (χ0n) is 9.86. The van der Waals surface area contributed by atoms with Crippen molar-refractivity contribution in [2.24, 2.45) is 5.92 Å². The molecule has 0 bridgehead atoms. The van der Waals surface area contributed by atoms with Crippen LogP contribution in [0.4, 0.5) is 0 Å². The van der Waals surface area contributed by atoms with Crippen LogP contribution >= 0.6 is 0 Å². The highest BCUT2D eigenvalue weighted by molar-refractivity contribution is 4.85. The van der Waals surface area contributed by atoms with Gasteiger partial charge < -0.3 is 5.11 Å². The summed E-state index contributed by atoms with van der Waals surface area (Å²) in [4.78, 5) is 5.13. The lowest BCUT2D eigenvalue weighted by atomic mass is 9.94. The summed E-state index contributed by atoms with van der Waals surface area (Å²) >= 11 is 0. The number of fused-ring (bicyclic) bond motifs is 1. The summed E-state index contributed by atoms with van der Waals surface area (Å²) in [5, 5.41) is 9.15. The standard InChI is InChI=1S/C12H24N2O/c1-13-7-4-9-14-8-3-2-5-11(6-10-15)12(13)14/h11-12,15H,2-10H2,1H3. The molecule has 0 aromatic heterocycles. The van der Waals surface area contributed by atoms with Crippen molar-refractivity contribution in [3.05, 3.63) is 0 Å². The van der Waals surface area contributed by atoms with Crippen LogP contribution in [0.3, 0.4) is 0 Å². The molecule has 1 N–H and O–H groups in total. The van der Waals surface area contributed by atoms with Gasteiger partial charge in [-0.3, -0.25) is 9.80 Å². The maximum atomic E-state index is 9.15. The zero-order chi connectivity index (χ0) is 10.7. The molecular weight excluding hydrogens is 188 g/mol. The summed E-state index contributed by atoms with van der Waals surface area (Å²) in [6.07, 6.45) is 6.86. The van der Waals surface area contributed by atoms with Crippen molar-refractivity contribution in [2.45, 2.75) is 38.3 Å². The zero-order valence-corrected chi connectivity index (χ0v) is 9.86. The quantitative estimate of drug-likeness (QED) is 0.743. The number of rotatable bonds is 2. The van der Waals surface area contributed by atoms with Gasteiger partial charge in [0.25, 0.3) is 0 Å². The average molecular weight is 212 g/mol. The summed E-state index contributed by atoms with van der Waals surface area (Å²) in [5.41, 5.74) is 0. The Morgan fingerprint density at radius 2 is 1.93 bits per heavy atom. The van der Waals surface area contributed by atoms with Crippen molar-refractivity contribution >= 4 is 0 Å². The second kappa shape index (κ2) is 5.28. The summed E-state index contributed by atoms with van der Waals surface area (Å²) < 4.78 is 0. The number of hydrogen-bond acceptors (Lipinski definition) is 3. The first kappa shape index (κ1) is 11.4. The van der Waals surface area contributed by atoms with E-state index in [1.807, 2.05) is 0 Å². The number of nitrogens with zero attached hydrogens (tertiary/aromatic N) is 2. The minimum Gasteiger partial charge on any atom is -0.396 e. The Kier molecular flexibility index (Phi) is 4.00. The van der Waals surface area contributed by atoms with Gasteiger partial charge in [0.15, 0.2) is 0 Å². The predicted octanol–water partition coefficient (Wildman–Crippen LogP) is 1.13. The van der Waals surface area contributed by atoms with Crippen molar-refractivity contribution in [1.82, 2.24) is 9.80 Å². The summed E-state index contributed by atoms with van der Waals surface area (Å²) in [7, 11) is 2.24. The van der Waals surface area contributed by atoms with E-state index in [1.165, 1.54) is 45.3 Å². The normalized spacial score (nSPS) is 34.8. The molecule has 0 aromatic carbocycles. The van der Waals surface area contributed by atoms with Crippen LogP contribution in [-0.2, 0) is 0 Å². The van der Waals surface area contributed by atoms with Gasteiger partial charge in [-0.25, -0.2) is 0 Å². The molecular formula is C12H24N2O. The highest BCUT2D eigenvalue weighted by Crippen LogP contribution is 2.29. The number of aliphatic hydroxyl groups excluding tert-OH is 1. The third kappa shape index (κ3) is 2.52. The minimum atomic E-state index is 0.350. The second-order valence-corrected chi connectivity index (χ2v) is 5.05. The molecule has 2 heterocycles. The molecule has 3 heteroatoms. The third-order valence-corrected chi connectivity index (χ3v) is 3.97. The molecule has 2 fully saturated rings. The lowest BCUT2D eigenvalue weighted by Gasteiger charge is -2.45. The number of aliphatic hydroxyl groups is 1. The van der Waals surface area contributed by atoms with Crippen LogP contribution in [0.1, 0.15) is 32.1 Å². The lowest BCUT2D eigenvalue weighted by Crippen LogP contribution is -2.55. The molecule has 88 valence electrons. The van der Waals surface area contributed by atoms with Gasteiger partial charge in [0.2, 0.25) is 0 Å². The van der Waals surface area contributed by atoms with Gasteiger partial charge in [-0.05, 0) is 45.2 Å². The molecule has 15 heavy (non-hydrogen) atoms. The van der Waals surface area contributed by atoms with Crippen LogP contribution in [0.5, 0.6) is 0 Å². The monoisotopic (exact) mass is 212 g/mol. The van der Waals surface area contributed by atoms with Gasteiger partial charge in [-0.15, -0.1) is 0 Å². The van der Waals surface area contributed by atoms with E-state index in [0.29, 0.717) is 18.7 Å². The van der Waals surface area contributed by atoms with Gasteiger partial charge in [0.1, 0.15) is 0 Å². The van der Waals surface area contributed by atoms with Crippen molar-refractivity contribution in [3.63, 3.8) is 0 Å². The fraction of sp³-hybridized carbons (Fsp3) is 1.00. The van der Waals surface area contributed by atoms with E-state index in [4.69, 9.17) is 5.11 Å². The molecule has 2 aliphatic heterocycles. The van der Waals surface area contributed by atoms with Crippen molar-refractivity contribution in [1.29, 1.82) is 0 Å². The molecule has 0 spiro atoms. The Bertz CT molecular complexity index is 198. The van der Waals surface area contributed by atoms with Crippen LogP contribution in [0, 0.1) is 5.92 Å². The van der Waals surface area contributed by atoms with Crippen LogP contribution in [0.2, 0.25) is 0 Å². The van der Waals surface area contributed by atoms with E-state index in [2.05, 4.69) is 16.8 Å². The van der Waals surface area contributed by atoms with E-state index >= 15 is 0 Å². The molecule has 2 unspecified atom stereocenters. The smallest absolute Gasteiger partial charge is 0.0649 e. The molecule has 0 aromatic rings. The molecule has 3 nitrogen and oxygen atoms in total. The van der Waals surface area contributed by atoms with Crippen LogP contribution in [-0.4, -0.2) is 54.4 Å². The van der Waals surface area contributed by atoms with Crippen molar-refractivity contribution in [3.8, 4) is 0 Å². The fourth-order valence-electron chi connectivity index (χ4n) is 3.30. The largest absolute Gasteiger partial charge is 0.396 e. The van der Waals surface area contributed by atoms with E-state index in [-0.39, 0.29) is 0 Å². The first-order valence-electron chi connectivity index (χ1n) is 6.38. The van der Waals surface area contributed by atoms with E-state index in [1.54, 1.807) is 0 Å². The molecule has 0 radical (unpaired) electrons. The summed E-state index contributed by atoms with van der Waals surface area (Å²) in [6, 6.07) is 0. The van der Waals surface area contributed by atoms with Crippen LogP contribution < -0.4 is 0 Å². The van der Waals surface area contributed by atoms with Crippen LogP contribution in [0.25, 0.3) is 0 Å². The van der Waals surface area contributed by atoms with E-state index in [9.17, 15) is 0 Å². The maximum Gasteiger partial charge on any atom is 0.0649 e. The van der Waals surface area contributed by atoms with Crippen LogP contribution in [0.15, 0.2) is 0 Å². The molecule has 2 aliphatic rings. The fourth-order valence-corrected chi connectivity index (χ4v) is 3.30. The Morgan fingerprint density at radius 1 is 1.13 bits per heavy atom. The molecule has 2 rings (SSSR count). The van der Waals surface area contributed by atoms with Gasteiger partial charge in [0, 0.05) is 19.7 Å². The van der Waals surface area contributed by atoms with E-state index in [0.717, 1.165) is 6.42 Å². The van der Waals surface area contributed by atoms with Crippen molar-refractivity contribution < 1.29 is 5.11 Å². The highest BCUT2D eigenvalue weighted by Gasteiger charge is 2.34. The topological polar surface area (TPSA) is 26.7 Å². The predicted molar refractivity (Wildman–Crippen MR) is 61.7 cm³/mol. The van der Waals surface area contributed by atoms with E-state index < -0.39 is 0 Å². The lowest BCUT2D eigenvalue weighted by molar-refractivity contribution is -0.0158. The SMILES string of the molecule is CN1CCCN2CCCCC(CCO)C12. The first-order valence-corrected chi connectivity index (χ1v) is 6.38. The van der Waals surface area contributed by atoms with Gasteiger partial charge in [-0.1, -0.05) is 6.42 Å². The molecule has 0 saturated carbocycles. The molecule has 0 aliphatic carbocycles. The van der Waals surface area contributed by atoms with Gasteiger partial charge in [0.05, 0.1) is 6.17 Å². The minimum absolute atomic E-state index is 0.350. The Balaban J connectivity index is 2.07. The summed E-state index contributed by atoms with van der Waals surface area (Å²) in [5.74, 6) is 0.683. The van der Waals surface area contributed by atoms with Gasteiger partial charge in [-0.2, -0.15) is 0 Å². The maximum absolute atomic E-state index is 9.15.